The number of hydrogen-bond acceptors (Lipinski definition) is 6. The highest BCUT2D eigenvalue weighted by atomic mass is 32.2. The minimum Gasteiger partial charge on any atom is -0.377 e. The van der Waals surface area contributed by atoms with Gasteiger partial charge in [0, 0.05) is 37.0 Å². The number of sulfonamides is 1. The van der Waals surface area contributed by atoms with Gasteiger partial charge in [-0.1, -0.05) is 12.1 Å². The second-order valence-electron chi connectivity index (χ2n) is 8.46. The quantitative estimate of drug-likeness (QED) is 0.380. The zero-order valence-corrected chi connectivity index (χ0v) is 20.8. The Balaban J connectivity index is 1.24. The van der Waals surface area contributed by atoms with E-state index in [0.29, 0.717) is 24.4 Å². The number of carbonyl (C=O) groups excluding carboxylic acids is 1. The smallest absolute Gasteiger partial charge is 0.255 e. The number of likely N-dealkylation sites (N-methyl/N-ethyl adjacent to an activating group) is 1. The zero-order chi connectivity index (χ0) is 24.4. The van der Waals surface area contributed by atoms with Crippen LogP contribution >= 0.6 is 11.3 Å². The van der Waals surface area contributed by atoms with E-state index >= 15 is 0 Å². The number of thiazole rings is 1. The van der Waals surface area contributed by atoms with Gasteiger partial charge in [0.2, 0.25) is 10.0 Å². The van der Waals surface area contributed by atoms with Gasteiger partial charge in [0.05, 0.1) is 21.2 Å². The van der Waals surface area contributed by atoms with Crippen molar-refractivity contribution in [3.63, 3.8) is 0 Å². The van der Waals surface area contributed by atoms with Crippen molar-refractivity contribution in [2.45, 2.75) is 23.8 Å². The van der Waals surface area contributed by atoms with E-state index in [9.17, 15) is 13.2 Å². The van der Waals surface area contributed by atoms with Gasteiger partial charge in [-0.3, -0.25) is 4.79 Å². The van der Waals surface area contributed by atoms with E-state index in [1.165, 1.54) is 28.6 Å². The van der Waals surface area contributed by atoms with Crippen LogP contribution in [0.4, 0.5) is 5.69 Å². The number of rotatable bonds is 7. The minimum absolute atomic E-state index is 0.0686. The lowest BCUT2D eigenvalue weighted by Crippen LogP contribution is -2.34. The Labute approximate surface area is 208 Å². The van der Waals surface area contributed by atoms with Crippen molar-refractivity contribution in [1.82, 2.24) is 9.29 Å². The van der Waals surface area contributed by atoms with Crippen molar-refractivity contribution in [1.29, 1.82) is 0 Å². The molecule has 1 aromatic heterocycles. The number of anilines is 1. The molecule has 3 aromatic carbocycles. The summed E-state index contributed by atoms with van der Waals surface area (Å²) in [6, 6.07) is 21.5. The number of nitrogens with zero attached hydrogens (tertiary/aromatic N) is 2. The first-order valence-electron chi connectivity index (χ1n) is 11.4. The summed E-state index contributed by atoms with van der Waals surface area (Å²) in [5, 5.41) is 3.78. The van der Waals surface area contributed by atoms with E-state index in [1.807, 2.05) is 48.5 Å². The molecule has 1 saturated heterocycles. The Morgan fingerprint density at radius 2 is 1.83 bits per heavy atom. The van der Waals surface area contributed by atoms with Crippen LogP contribution in [0.1, 0.15) is 23.2 Å². The molecule has 1 aliphatic rings. The standard InChI is InChI=1S/C26H25N3O4S2/c1-29(17-21-5-4-16-33-21)35(31,32)22-14-10-18(11-15-22)25(30)27-20-12-8-19(9-13-20)26-28-23-6-2-3-7-24(23)34-26/h2-3,6-15,21H,4-5,16-17H2,1H3,(H,27,30). The first-order chi connectivity index (χ1) is 16.9. The molecule has 0 saturated carbocycles. The first kappa shape index (κ1) is 23.6. The second kappa shape index (κ2) is 9.87. The third-order valence-electron chi connectivity index (χ3n) is 5.99. The number of benzene rings is 3. The van der Waals surface area contributed by atoms with Crippen molar-refractivity contribution < 1.29 is 17.9 Å². The molecular formula is C26H25N3O4S2. The van der Waals surface area contributed by atoms with E-state index < -0.39 is 10.0 Å². The van der Waals surface area contributed by atoms with E-state index in [-0.39, 0.29) is 16.9 Å². The van der Waals surface area contributed by atoms with Gasteiger partial charge in [0.15, 0.2) is 0 Å². The van der Waals surface area contributed by atoms with Crippen LogP contribution < -0.4 is 5.32 Å². The summed E-state index contributed by atoms with van der Waals surface area (Å²) in [7, 11) is -2.10. The van der Waals surface area contributed by atoms with Crippen LogP contribution in [0.15, 0.2) is 77.7 Å². The molecule has 1 N–H and O–H groups in total. The number of carbonyl (C=O) groups is 1. The Morgan fingerprint density at radius 1 is 1.09 bits per heavy atom. The molecular weight excluding hydrogens is 482 g/mol. The summed E-state index contributed by atoms with van der Waals surface area (Å²) in [6.07, 6.45) is 1.74. The second-order valence-corrected chi connectivity index (χ2v) is 11.5. The zero-order valence-electron chi connectivity index (χ0n) is 19.2. The molecule has 2 heterocycles. The largest absolute Gasteiger partial charge is 0.377 e. The van der Waals surface area contributed by atoms with Crippen LogP contribution in [-0.2, 0) is 14.8 Å². The van der Waals surface area contributed by atoms with Gasteiger partial charge in [-0.15, -0.1) is 11.3 Å². The molecule has 1 fully saturated rings. The fourth-order valence-electron chi connectivity index (χ4n) is 4.03. The summed E-state index contributed by atoms with van der Waals surface area (Å²) in [5.41, 5.74) is 2.97. The average Bonchev–Trinajstić information content (AvgIpc) is 3.54. The van der Waals surface area contributed by atoms with Gasteiger partial charge in [0.1, 0.15) is 5.01 Å². The van der Waals surface area contributed by atoms with Crippen molar-refractivity contribution in [3.05, 3.63) is 78.4 Å². The summed E-state index contributed by atoms with van der Waals surface area (Å²) in [5.74, 6) is -0.311. The summed E-state index contributed by atoms with van der Waals surface area (Å²) in [6.45, 7) is 0.991. The van der Waals surface area contributed by atoms with E-state index in [0.717, 1.165) is 33.6 Å². The predicted octanol–water partition coefficient (Wildman–Crippen LogP) is 5.02. The monoisotopic (exact) mass is 507 g/mol. The molecule has 0 spiro atoms. The molecule has 7 nitrogen and oxygen atoms in total. The van der Waals surface area contributed by atoms with E-state index in [1.54, 1.807) is 18.4 Å². The SMILES string of the molecule is CN(CC1CCCO1)S(=O)(=O)c1ccc(C(=O)Nc2ccc(-c3nc4ccccc4s3)cc2)cc1. The van der Waals surface area contributed by atoms with Crippen molar-refractivity contribution >= 4 is 43.2 Å². The molecule has 1 amide bonds. The van der Waals surface area contributed by atoms with Crippen LogP contribution in [-0.4, -0.2) is 49.9 Å². The highest BCUT2D eigenvalue weighted by molar-refractivity contribution is 7.89. The topological polar surface area (TPSA) is 88.6 Å². The number of para-hydroxylation sites is 1. The van der Waals surface area contributed by atoms with Crippen molar-refractivity contribution in [3.8, 4) is 10.6 Å². The third kappa shape index (κ3) is 5.13. The van der Waals surface area contributed by atoms with Gasteiger partial charge >= 0.3 is 0 Å². The fraction of sp³-hybridized carbons (Fsp3) is 0.231. The van der Waals surface area contributed by atoms with Crippen LogP contribution in [0.2, 0.25) is 0 Å². The summed E-state index contributed by atoms with van der Waals surface area (Å²) < 4.78 is 33.7. The molecule has 1 atom stereocenters. The highest BCUT2D eigenvalue weighted by Gasteiger charge is 2.26. The molecule has 1 unspecified atom stereocenters. The van der Waals surface area contributed by atoms with Crippen LogP contribution in [0, 0.1) is 0 Å². The fourth-order valence-corrected chi connectivity index (χ4v) is 6.20. The van der Waals surface area contributed by atoms with Gasteiger partial charge in [0.25, 0.3) is 5.91 Å². The van der Waals surface area contributed by atoms with Gasteiger partial charge < -0.3 is 10.1 Å². The molecule has 0 radical (unpaired) electrons. The molecule has 0 aliphatic carbocycles. The van der Waals surface area contributed by atoms with E-state index in [2.05, 4.69) is 10.3 Å². The lowest BCUT2D eigenvalue weighted by molar-refractivity contribution is 0.0979. The Bertz CT molecular complexity index is 1410. The van der Waals surface area contributed by atoms with Crippen LogP contribution in [0.25, 0.3) is 20.8 Å². The normalized spacial score (nSPS) is 16.1. The Hall–Kier alpha value is -3.11. The maximum atomic E-state index is 12.9. The molecule has 5 rings (SSSR count). The molecule has 1 aliphatic heterocycles. The molecule has 0 bridgehead atoms. The van der Waals surface area contributed by atoms with E-state index in [4.69, 9.17) is 4.74 Å². The third-order valence-corrected chi connectivity index (χ3v) is 8.92. The molecule has 35 heavy (non-hydrogen) atoms. The number of ether oxygens (including phenoxy) is 1. The number of hydrogen-bond donors (Lipinski definition) is 1. The number of nitrogens with one attached hydrogen (secondary N) is 1. The van der Waals surface area contributed by atoms with Gasteiger partial charge in [-0.2, -0.15) is 4.31 Å². The summed E-state index contributed by atoms with van der Waals surface area (Å²) in [4.78, 5) is 17.5. The van der Waals surface area contributed by atoms with Crippen molar-refractivity contribution in [2.24, 2.45) is 0 Å². The predicted molar refractivity (Wildman–Crippen MR) is 138 cm³/mol. The molecule has 180 valence electrons. The number of aromatic nitrogens is 1. The Morgan fingerprint density at radius 3 is 2.51 bits per heavy atom. The summed E-state index contributed by atoms with van der Waals surface area (Å²) >= 11 is 1.62. The highest BCUT2D eigenvalue weighted by Crippen LogP contribution is 2.30. The van der Waals surface area contributed by atoms with Crippen LogP contribution in [0.3, 0.4) is 0 Å². The number of fused-ring (bicyclic) bond motifs is 1. The van der Waals surface area contributed by atoms with Gasteiger partial charge in [-0.25, -0.2) is 13.4 Å². The average molecular weight is 508 g/mol. The first-order valence-corrected chi connectivity index (χ1v) is 13.6. The lowest BCUT2D eigenvalue weighted by Gasteiger charge is -2.20. The lowest BCUT2D eigenvalue weighted by atomic mass is 10.2. The molecule has 9 heteroatoms. The van der Waals surface area contributed by atoms with Crippen molar-refractivity contribution in [2.75, 3.05) is 25.5 Å². The Kier molecular flexibility index (Phi) is 6.66. The maximum Gasteiger partial charge on any atom is 0.255 e. The number of amides is 1. The molecule has 4 aromatic rings. The minimum atomic E-state index is -3.65. The van der Waals surface area contributed by atoms with Crippen LogP contribution in [0.5, 0.6) is 0 Å². The maximum absolute atomic E-state index is 12.9. The van der Waals surface area contributed by atoms with Gasteiger partial charge in [-0.05, 0) is 73.5 Å².